The molecule has 0 radical (unpaired) electrons. The molecule has 1 unspecified atom stereocenters. The van der Waals surface area contributed by atoms with Gasteiger partial charge in [0.25, 0.3) is 0 Å². The van der Waals surface area contributed by atoms with Crippen LogP contribution in [0.3, 0.4) is 0 Å². The molecule has 0 aliphatic heterocycles. The smallest absolute Gasteiger partial charge is 0.305 e. The van der Waals surface area contributed by atoms with Crippen LogP contribution in [0.25, 0.3) is 0 Å². The van der Waals surface area contributed by atoms with Crippen molar-refractivity contribution in [2.45, 2.75) is 19.4 Å². The molecule has 0 heterocycles. The Morgan fingerprint density at radius 3 is 2.93 bits per heavy atom. The lowest BCUT2D eigenvalue weighted by Gasteiger charge is -2.13. The number of aliphatic carboxylic acids is 1. The third-order valence-corrected chi connectivity index (χ3v) is 2.05. The summed E-state index contributed by atoms with van der Waals surface area (Å²) < 4.78 is 13.2. The molecule has 0 saturated heterocycles. The molecule has 1 rings (SSSR count). The highest BCUT2D eigenvalue weighted by atomic mass is 35.5. The van der Waals surface area contributed by atoms with Gasteiger partial charge in [0.05, 0.1) is 12.1 Å². The van der Waals surface area contributed by atoms with Crippen LogP contribution >= 0.6 is 11.6 Å². The van der Waals surface area contributed by atoms with Gasteiger partial charge < -0.3 is 10.4 Å². The van der Waals surface area contributed by atoms with Crippen LogP contribution in [0.4, 0.5) is 10.1 Å². The van der Waals surface area contributed by atoms with Gasteiger partial charge in [-0.15, -0.1) is 0 Å². The second-order valence-corrected chi connectivity index (χ2v) is 3.70. The molecule has 0 amide bonds. The van der Waals surface area contributed by atoms with Crippen LogP contribution in [0.1, 0.15) is 13.3 Å². The summed E-state index contributed by atoms with van der Waals surface area (Å²) in [5.74, 6) is -1.38. The standard InChI is InChI=1S/C10H11ClFNO2/c1-6(4-10(14)15)13-9-5-7(11)2-3-8(9)12/h2-3,5-6,13H,4H2,1H3,(H,14,15). The van der Waals surface area contributed by atoms with Gasteiger partial charge in [0, 0.05) is 11.1 Å². The number of carboxylic acids is 1. The Morgan fingerprint density at radius 1 is 1.67 bits per heavy atom. The number of nitrogens with one attached hydrogen (secondary N) is 1. The maximum Gasteiger partial charge on any atom is 0.305 e. The molecule has 0 bridgehead atoms. The molecule has 0 aliphatic rings. The maximum absolute atomic E-state index is 13.2. The SMILES string of the molecule is CC(CC(=O)O)Nc1cc(Cl)ccc1F. The van der Waals surface area contributed by atoms with Crippen molar-refractivity contribution in [3.05, 3.63) is 29.0 Å². The summed E-state index contributed by atoms with van der Waals surface area (Å²) in [6.07, 6.45) is -0.0774. The summed E-state index contributed by atoms with van der Waals surface area (Å²) in [7, 11) is 0. The van der Waals surface area contributed by atoms with Crippen molar-refractivity contribution < 1.29 is 14.3 Å². The van der Waals surface area contributed by atoms with Crippen molar-refractivity contribution >= 4 is 23.3 Å². The highest BCUT2D eigenvalue weighted by molar-refractivity contribution is 6.30. The Kier molecular flexibility index (Phi) is 3.91. The molecule has 1 aromatic carbocycles. The van der Waals surface area contributed by atoms with Crippen molar-refractivity contribution in [1.82, 2.24) is 0 Å². The molecular weight excluding hydrogens is 221 g/mol. The van der Waals surface area contributed by atoms with Crippen LogP contribution in [0.15, 0.2) is 18.2 Å². The van der Waals surface area contributed by atoms with E-state index in [1.807, 2.05) is 0 Å². The second-order valence-electron chi connectivity index (χ2n) is 3.27. The van der Waals surface area contributed by atoms with Gasteiger partial charge in [-0.1, -0.05) is 11.6 Å². The first-order valence-electron chi connectivity index (χ1n) is 4.42. The quantitative estimate of drug-likeness (QED) is 0.838. The number of hydrogen-bond acceptors (Lipinski definition) is 2. The molecule has 0 aromatic heterocycles. The molecule has 82 valence electrons. The van der Waals surface area contributed by atoms with E-state index in [2.05, 4.69) is 5.32 Å². The number of anilines is 1. The zero-order chi connectivity index (χ0) is 11.4. The van der Waals surface area contributed by atoms with E-state index >= 15 is 0 Å². The van der Waals surface area contributed by atoms with Gasteiger partial charge in [0.1, 0.15) is 5.82 Å². The van der Waals surface area contributed by atoms with Gasteiger partial charge in [-0.3, -0.25) is 4.79 Å². The molecule has 2 N–H and O–H groups in total. The normalized spacial score (nSPS) is 12.2. The number of hydrogen-bond donors (Lipinski definition) is 2. The first kappa shape index (κ1) is 11.8. The maximum atomic E-state index is 13.2. The molecule has 0 saturated carbocycles. The van der Waals surface area contributed by atoms with Gasteiger partial charge in [-0.05, 0) is 25.1 Å². The summed E-state index contributed by atoms with van der Waals surface area (Å²) >= 11 is 5.68. The lowest BCUT2D eigenvalue weighted by atomic mass is 10.2. The zero-order valence-electron chi connectivity index (χ0n) is 8.13. The molecule has 15 heavy (non-hydrogen) atoms. The summed E-state index contributed by atoms with van der Waals surface area (Å²) in [6, 6.07) is 3.74. The fourth-order valence-corrected chi connectivity index (χ4v) is 1.36. The van der Waals surface area contributed by atoms with Gasteiger partial charge in [-0.25, -0.2) is 4.39 Å². The molecule has 0 fully saturated rings. The van der Waals surface area contributed by atoms with Crippen molar-refractivity contribution in [2.75, 3.05) is 5.32 Å². The monoisotopic (exact) mass is 231 g/mol. The Hall–Kier alpha value is -1.29. The van der Waals surface area contributed by atoms with E-state index in [1.165, 1.54) is 18.2 Å². The van der Waals surface area contributed by atoms with E-state index in [9.17, 15) is 9.18 Å². The minimum atomic E-state index is -0.933. The van der Waals surface area contributed by atoms with Crippen molar-refractivity contribution in [3.8, 4) is 0 Å². The second kappa shape index (κ2) is 4.98. The summed E-state index contributed by atoms with van der Waals surface area (Å²) in [6.45, 7) is 1.66. The first-order valence-corrected chi connectivity index (χ1v) is 4.80. The first-order chi connectivity index (χ1) is 6.99. The highest BCUT2D eigenvalue weighted by Gasteiger charge is 2.10. The Bertz CT molecular complexity index is 370. The molecule has 3 nitrogen and oxygen atoms in total. The van der Waals surface area contributed by atoms with Crippen LogP contribution in [0, 0.1) is 5.82 Å². The minimum Gasteiger partial charge on any atom is -0.481 e. The number of benzene rings is 1. The van der Waals surface area contributed by atoms with E-state index in [1.54, 1.807) is 6.92 Å². The van der Waals surface area contributed by atoms with E-state index in [0.717, 1.165) is 0 Å². The van der Waals surface area contributed by atoms with Crippen LogP contribution in [0.2, 0.25) is 5.02 Å². The lowest BCUT2D eigenvalue weighted by molar-refractivity contribution is -0.137. The fraction of sp³-hybridized carbons (Fsp3) is 0.300. The van der Waals surface area contributed by atoms with Crippen molar-refractivity contribution in [2.24, 2.45) is 0 Å². The van der Waals surface area contributed by atoms with Crippen LogP contribution < -0.4 is 5.32 Å². The van der Waals surface area contributed by atoms with Crippen LogP contribution in [0.5, 0.6) is 0 Å². The van der Waals surface area contributed by atoms with Crippen LogP contribution in [-0.2, 0) is 4.79 Å². The Morgan fingerprint density at radius 2 is 2.33 bits per heavy atom. The van der Waals surface area contributed by atoms with Crippen molar-refractivity contribution in [3.63, 3.8) is 0 Å². The molecule has 1 aromatic rings. The Labute approximate surface area is 91.9 Å². The molecule has 5 heteroatoms. The van der Waals surface area contributed by atoms with E-state index in [0.29, 0.717) is 5.02 Å². The van der Waals surface area contributed by atoms with E-state index in [4.69, 9.17) is 16.7 Å². The lowest BCUT2D eigenvalue weighted by Crippen LogP contribution is -2.19. The van der Waals surface area contributed by atoms with Gasteiger partial charge in [0.15, 0.2) is 0 Å². The average molecular weight is 232 g/mol. The number of rotatable bonds is 4. The molecule has 1 atom stereocenters. The van der Waals surface area contributed by atoms with Gasteiger partial charge in [0.2, 0.25) is 0 Å². The van der Waals surface area contributed by atoms with Crippen LogP contribution in [-0.4, -0.2) is 17.1 Å². The average Bonchev–Trinajstić information content (AvgIpc) is 2.10. The largest absolute Gasteiger partial charge is 0.481 e. The highest BCUT2D eigenvalue weighted by Crippen LogP contribution is 2.20. The molecule has 0 aliphatic carbocycles. The third-order valence-electron chi connectivity index (χ3n) is 1.81. The van der Waals surface area contributed by atoms with Gasteiger partial charge in [-0.2, -0.15) is 0 Å². The summed E-state index contributed by atoms with van der Waals surface area (Å²) in [5, 5.41) is 11.7. The predicted octanol–water partition coefficient (Wildman–Crippen LogP) is 2.75. The van der Waals surface area contributed by atoms with E-state index < -0.39 is 11.8 Å². The predicted molar refractivity (Wildman–Crippen MR) is 56.7 cm³/mol. The summed E-state index contributed by atoms with van der Waals surface area (Å²) in [5.41, 5.74) is 0.219. The van der Waals surface area contributed by atoms with Crippen molar-refractivity contribution in [1.29, 1.82) is 0 Å². The minimum absolute atomic E-state index is 0.0774. The Balaban J connectivity index is 2.71. The number of carbonyl (C=O) groups is 1. The zero-order valence-corrected chi connectivity index (χ0v) is 8.88. The molecule has 0 spiro atoms. The van der Waals surface area contributed by atoms with E-state index in [-0.39, 0.29) is 18.2 Å². The molecular formula is C10H11ClFNO2. The van der Waals surface area contributed by atoms with Gasteiger partial charge >= 0.3 is 5.97 Å². The summed E-state index contributed by atoms with van der Waals surface area (Å²) in [4.78, 5) is 10.4. The third kappa shape index (κ3) is 3.75. The number of carboxylic acid groups (broad SMARTS) is 1. The number of halogens is 2. The topological polar surface area (TPSA) is 49.3 Å². The fourth-order valence-electron chi connectivity index (χ4n) is 1.19.